The SMILES string of the molecule is Cc1ccc([C@@H](CC(=O)Nc2ccc(C)c(N(C)C)c2)n2cccc2)cc1. The summed E-state index contributed by atoms with van der Waals surface area (Å²) in [6.07, 6.45) is 4.39. The van der Waals surface area contributed by atoms with Gasteiger partial charge in [-0.2, -0.15) is 0 Å². The minimum Gasteiger partial charge on any atom is -0.377 e. The maximum absolute atomic E-state index is 12.8. The lowest BCUT2D eigenvalue weighted by Crippen LogP contribution is -2.20. The number of hydrogen-bond acceptors (Lipinski definition) is 2. The van der Waals surface area contributed by atoms with Crippen LogP contribution >= 0.6 is 0 Å². The van der Waals surface area contributed by atoms with Gasteiger partial charge in [0.15, 0.2) is 0 Å². The molecule has 0 spiro atoms. The molecule has 0 aliphatic heterocycles. The third-order valence-electron chi connectivity index (χ3n) is 4.80. The van der Waals surface area contributed by atoms with Crippen molar-refractivity contribution in [2.24, 2.45) is 0 Å². The van der Waals surface area contributed by atoms with E-state index < -0.39 is 0 Å². The Labute approximate surface area is 161 Å². The zero-order valence-corrected chi connectivity index (χ0v) is 16.4. The molecular weight excluding hydrogens is 334 g/mol. The molecule has 0 unspecified atom stereocenters. The molecule has 4 nitrogen and oxygen atoms in total. The summed E-state index contributed by atoms with van der Waals surface area (Å²) in [4.78, 5) is 14.8. The Morgan fingerprint density at radius 1 is 1.04 bits per heavy atom. The quantitative estimate of drug-likeness (QED) is 0.685. The average molecular weight is 361 g/mol. The van der Waals surface area contributed by atoms with Gasteiger partial charge in [-0.1, -0.05) is 35.9 Å². The van der Waals surface area contributed by atoms with Gasteiger partial charge >= 0.3 is 0 Å². The Morgan fingerprint density at radius 3 is 2.33 bits per heavy atom. The van der Waals surface area contributed by atoms with Crippen molar-refractivity contribution < 1.29 is 4.79 Å². The largest absolute Gasteiger partial charge is 0.377 e. The van der Waals surface area contributed by atoms with E-state index in [-0.39, 0.29) is 11.9 Å². The molecule has 3 aromatic rings. The monoisotopic (exact) mass is 361 g/mol. The molecule has 1 N–H and O–H groups in total. The van der Waals surface area contributed by atoms with Gasteiger partial charge in [-0.05, 0) is 49.2 Å². The molecule has 1 aromatic heterocycles. The number of anilines is 2. The van der Waals surface area contributed by atoms with Gasteiger partial charge in [-0.3, -0.25) is 4.79 Å². The van der Waals surface area contributed by atoms with E-state index in [4.69, 9.17) is 0 Å². The lowest BCUT2D eigenvalue weighted by molar-refractivity contribution is -0.116. The summed E-state index contributed by atoms with van der Waals surface area (Å²) in [7, 11) is 4.01. The van der Waals surface area contributed by atoms with E-state index in [2.05, 4.69) is 52.9 Å². The number of rotatable bonds is 6. The van der Waals surface area contributed by atoms with Crippen molar-refractivity contribution in [3.8, 4) is 0 Å². The highest BCUT2D eigenvalue weighted by molar-refractivity contribution is 5.92. The predicted molar refractivity (Wildman–Crippen MR) is 113 cm³/mol. The highest BCUT2D eigenvalue weighted by Gasteiger charge is 2.18. The van der Waals surface area contributed by atoms with Crippen molar-refractivity contribution in [3.63, 3.8) is 0 Å². The van der Waals surface area contributed by atoms with Crippen molar-refractivity contribution >= 4 is 17.3 Å². The Balaban J connectivity index is 1.79. The van der Waals surface area contributed by atoms with Crippen LogP contribution in [0.3, 0.4) is 0 Å². The maximum atomic E-state index is 12.8. The molecule has 3 rings (SSSR count). The minimum atomic E-state index is -0.0284. The minimum absolute atomic E-state index is 0.00262. The van der Waals surface area contributed by atoms with Crippen LogP contribution in [0.15, 0.2) is 67.0 Å². The average Bonchev–Trinajstić information content (AvgIpc) is 3.16. The van der Waals surface area contributed by atoms with Gasteiger partial charge in [0.25, 0.3) is 0 Å². The fourth-order valence-corrected chi connectivity index (χ4v) is 3.30. The second kappa shape index (κ2) is 8.12. The molecule has 2 aromatic carbocycles. The Morgan fingerprint density at radius 2 is 1.70 bits per heavy atom. The van der Waals surface area contributed by atoms with E-state index in [1.54, 1.807) is 0 Å². The Hall–Kier alpha value is -3.01. The van der Waals surface area contributed by atoms with E-state index in [0.29, 0.717) is 6.42 Å². The van der Waals surface area contributed by atoms with Crippen LogP contribution in [0.5, 0.6) is 0 Å². The molecule has 0 fully saturated rings. The topological polar surface area (TPSA) is 37.3 Å². The number of amides is 1. The molecule has 0 bridgehead atoms. The second-order valence-corrected chi connectivity index (χ2v) is 7.20. The van der Waals surface area contributed by atoms with Gasteiger partial charge in [0.05, 0.1) is 12.5 Å². The van der Waals surface area contributed by atoms with Crippen LogP contribution in [-0.4, -0.2) is 24.6 Å². The first kappa shape index (κ1) is 18.8. The Bertz CT molecular complexity index is 896. The van der Waals surface area contributed by atoms with Crippen molar-refractivity contribution in [3.05, 3.63) is 83.7 Å². The number of hydrogen-bond donors (Lipinski definition) is 1. The number of aromatic nitrogens is 1. The van der Waals surface area contributed by atoms with E-state index >= 15 is 0 Å². The van der Waals surface area contributed by atoms with Crippen molar-refractivity contribution in [1.82, 2.24) is 4.57 Å². The van der Waals surface area contributed by atoms with Gasteiger partial charge < -0.3 is 14.8 Å². The van der Waals surface area contributed by atoms with Crippen LogP contribution in [0.1, 0.15) is 29.2 Å². The summed E-state index contributed by atoms with van der Waals surface area (Å²) in [5.74, 6) is 0.00262. The van der Waals surface area contributed by atoms with Crippen molar-refractivity contribution in [2.75, 3.05) is 24.3 Å². The van der Waals surface area contributed by atoms with E-state index in [0.717, 1.165) is 16.9 Å². The molecule has 0 aliphatic rings. The van der Waals surface area contributed by atoms with Crippen molar-refractivity contribution in [1.29, 1.82) is 0 Å². The van der Waals surface area contributed by atoms with Crippen LogP contribution < -0.4 is 10.2 Å². The van der Waals surface area contributed by atoms with Crippen LogP contribution in [0.2, 0.25) is 0 Å². The predicted octanol–water partition coefficient (Wildman–Crippen LogP) is 4.79. The molecule has 4 heteroatoms. The molecule has 1 atom stereocenters. The summed E-state index contributed by atoms with van der Waals surface area (Å²) < 4.78 is 2.09. The molecule has 27 heavy (non-hydrogen) atoms. The van der Waals surface area contributed by atoms with Gasteiger partial charge in [-0.25, -0.2) is 0 Å². The molecule has 0 saturated heterocycles. The van der Waals surface area contributed by atoms with E-state index in [9.17, 15) is 4.79 Å². The van der Waals surface area contributed by atoms with Crippen LogP contribution in [0.4, 0.5) is 11.4 Å². The molecule has 0 aliphatic carbocycles. The number of benzene rings is 2. The van der Waals surface area contributed by atoms with Gasteiger partial charge in [0.1, 0.15) is 0 Å². The highest BCUT2D eigenvalue weighted by atomic mass is 16.1. The van der Waals surface area contributed by atoms with Gasteiger partial charge in [0.2, 0.25) is 5.91 Å². The van der Waals surface area contributed by atoms with Gasteiger partial charge in [-0.15, -0.1) is 0 Å². The fraction of sp³-hybridized carbons (Fsp3) is 0.261. The third kappa shape index (κ3) is 4.59. The molecule has 0 saturated carbocycles. The fourth-order valence-electron chi connectivity index (χ4n) is 3.30. The summed E-state index contributed by atoms with van der Waals surface area (Å²) in [5, 5.41) is 3.06. The molecule has 1 amide bonds. The summed E-state index contributed by atoms with van der Waals surface area (Å²) >= 11 is 0. The number of aryl methyl sites for hydroxylation is 2. The first-order valence-electron chi connectivity index (χ1n) is 9.21. The molecular formula is C23H27N3O. The first-order valence-corrected chi connectivity index (χ1v) is 9.21. The number of carbonyl (C=O) groups is 1. The first-order chi connectivity index (χ1) is 12.9. The van der Waals surface area contributed by atoms with Crippen LogP contribution in [0.25, 0.3) is 0 Å². The standard InChI is InChI=1S/C23H27N3O/c1-17-7-10-19(11-8-17)22(26-13-5-6-14-26)16-23(27)24-20-12-9-18(2)21(15-20)25(3)4/h5-15,22H,16H2,1-4H3,(H,24,27)/t22-/m1/s1. The zero-order valence-electron chi connectivity index (χ0n) is 16.4. The summed E-state index contributed by atoms with van der Waals surface area (Å²) in [6, 6.07) is 18.3. The maximum Gasteiger partial charge on any atom is 0.226 e. The van der Waals surface area contributed by atoms with E-state index in [1.165, 1.54) is 11.1 Å². The van der Waals surface area contributed by atoms with Crippen molar-refractivity contribution in [2.45, 2.75) is 26.3 Å². The van der Waals surface area contributed by atoms with E-state index in [1.807, 2.05) is 56.8 Å². The molecule has 140 valence electrons. The summed E-state index contributed by atoms with van der Waals surface area (Å²) in [6.45, 7) is 4.14. The number of nitrogens with one attached hydrogen (secondary N) is 1. The lowest BCUT2D eigenvalue weighted by Gasteiger charge is -2.20. The normalized spacial score (nSPS) is 11.9. The zero-order chi connectivity index (χ0) is 19.4. The summed E-state index contributed by atoms with van der Waals surface area (Å²) in [5.41, 5.74) is 5.45. The van der Waals surface area contributed by atoms with Crippen LogP contribution in [-0.2, 0) is 4.79 Å². The Kier molecular flexibility index (Phi) is 5.65. The smallest absolute Gasteiger partial charge is 0.226 e. The number of nitrogens with zero attached hydrogens (tertiary/aromatic N) is 2. The second-order valence-electron chi connectivity index (χ2n) is 7.20. The van der Waals surface area contributed by atoms with Gasteiger partial charge in [0, 0.05) is 37.9 Å². The highest BCUT2D eigenvalue weighted by Crippen LogP contribution is 2.25. The number of carbonyl (C=O) groups excluding carboxylic acids is 1. The third-order valence-corrected chi connectivity index (χ3v) is 4.80. The molecule has 1 heterocycles. The van der Waals surface area contributed by atoms with Crippen LogP contribution in [0, 0.1) is 13.8 Å². The molecule has 0 radical (unpaired) electrons. The lowest BCUT2D eigenvalue weighted by atomic mass is 10.0.